The fourth-order valence-corrected chi connectivity index (χ4v) is 2.00. The molecule has 0 saturated heterocycles. The van der Waals surface area contributed by atoms with Crippen molar-refractivity contribution in [3.8, 4) is 0 Å². The average Bonchev–Trinajstić information content (AvgIpc) is 2.48. The van der Waals surface area contributed by atoms with Gasteiger partial charge in [-0.2, -0.15) is 0 Å². The summed E-state index contributed by atoms with van der Waals surface area (Å²) in [7, 11) is 2.07. The molecule has 0 amide bonds. The summed E-state index contributed by atoms with van der Waals surface area (Å²) in [6, 6.07) is 16.3. The highest BCUT2D eigenvalue weighted by molar-refractivity contribution is 5.47. The van der Waals surface area contributed by atoms with Crippen LogP contribution in [0.3, 0.4) is 0 Å². The van der Waals surface area contributed by atoms with Gasteiger partial charge in [0.15, 0.2) is 0 Å². The van der Waals surface area contributed by atoms with E-state index in [-0.39, 0.29) is 6.61 Å². The molecule has 3 nitrogen and oxygen atoms in total. The molecular formula is C16H20N2O. The molecule has 2 rings (SSSR count). The van der Waals surface area contributed by atoms with Crippen LogP contribution in [0.15, 0.2) is 48.5 Å². The molecule has 0 aliphatic carbocycles. The van der Waals surface area contributed by atoms with Gasteiger partial charge >= 0.3 is 0 Å². The molecule has 2 aromatic rings. The van der Waals surface area contributed by atoms with Crippen LogP contribution in [0.5, 0.6) is 0 Å². The van der Waals surface area contributed by atoms with Gasteiger partial charge < -0.3 is 15.7 Å². The van der Waals surface area contributed by atoms with E-state index < -0.39 is 0 Å². The zero-order valence-corrected chi connectivity index (χ0v) is 11.2. The number of nitrogens with zero attached hydrogens (tertiary/aromatic N) is 1. The number of aliphatic hydroxyl groups is 1. The van der Waals surface area contributed by atoms with Crippen LogP contribution < -0.4 is 10.6 Å². The van der Waals surface area contributed by atoms with Crippen molar-refractivity contribution in [2.75, 3.05) is 11.9 Å². The number of hydrogen-bond donors (Lipinski definition) is 2. The quantitative estimate of drug-likeness (QED) is 0.863. The van der Waals surface area contributed by atoms with E-state index in [0.29, 0.717) is 6.54 Å². The van der Waals surface area contributed by atoms with Crippen LogP contribution >= 0.6 is 0 Å². The first-order valence-electron chi connectivity index (χ1n) is 6.41. The van der Waals surface area contributed by atoms with E-state index in [4.69, 9.17) is 10.8 Å². The third kappa shape index (κ3) is 3.56. The van der Waals surface area contributed by atoms with E-state index in [0.717, 1.165) is 17.7 Å². The van der Waals surface area contributed by atoms with Gasteiger partial charge in [0.2, 0.25) is 0 Å². The lowest BCUT2D eigenvalue weighted by atomic mass is 10.1. The molecule has 3 heteroatoms. The first-order valence-corrected chi connectivity index (χ1v) is 6.41. The van der Waals surface area contributed by atoms with Crippen LogP contribution in [-0.2, 0) is 19.7 Å². The average molecular weight is 256 g/mol. The summed E-state index contributed by atoms with van der Waals surface area (Å²) in [4.78, 5) is 2.19. The maximum absolute atomic E-state index is 9.02. The standard InChI is InChI=1S/C16H20N2O/c1-18(16-8-6-13(10-17)7-9-16)11-14-2-4-15(12-19)5-3-14/h2-9,19H,10-12,17H2,1H3. The fraction of sp³-hybridized carbons (Fsp3) is 0.250. The van der Waals surface area contributed by atoms with E-state index in [2.05, 4.69) is 48.3 Å². The predicted octanol–water partition coefficient (Wildman–Crippen LogP) is 2.27. The number of nitrogens with two attached hydrogens (primary N) is 1. The molecule has 19 heavy (non-hydrogen) atoms. The maximum atomic E-state index is 9.02. The lowest BCUT2D eigenvalue weighted by molar-refractivity contribution is 0.282. The van der Waals surface area contributed by atoms with E-state index in [9.17, 15) is 0 Å². The molecule has 2 aromatic carbocycles. The minimum absolute atomic E-state index is 0.0939. The molecule has 100 valence electrons. The van der Waals surface area contributed by atoms with Gasteiger partial charge in [-0.15, -0.1) is 0 Å². The van der Waals surface area contributed by atoms with Crippen LogP contribution in [0.4, 0.5) is 5.69 Å². The summed E-state index contributed by atoms with van der Waals surface area (Å²) in [6.07, 6.45) is 0. The summed E-state index contributed by atoms with van der Waals surface area (Å²) in [5, 5.41) is 9.02. The highest BCUT2D eigenvalue weighted by Gasteiger charge is 2.02. The van der Waals surface area contributed by atoms with Gasteiger partial charge in [-0.3, -0.25) is 0 Å². The van der Waals surface area contributed by atoms with E-state index >= 15 is 0 Å². The molecule has 0 aromatic heterocycles. The number of rotatable bonds is 5. The van der Waals surface area contributed by atoms with Gasteiger partial charge in [-0.05, 0) is 28.8 Å². The molecule has 3 N–H and O–H groups in total. The van der Waals surface area contributed by atoms with Crippen molar-refractivity contribution < 1.29 is 5.11 Å². The normalized spacial score (nSPS) is 10.5. The van der Waals surface area contributed by atoms with Crippen molar-refractivity contribution in [3.63, 3.8) is 0 Å². The monoisotopic (exact) mass is 256 g/mol. The zero-order valence-electron chi connectivity index (χ0n) is 11.2. The first-order chi connectivity index (χ1) is 9.22. The van der Waals surface area contributed by atoms with Crippen molar-refractivity contribution in [1.82, 2.24) is 0 Å². The summed E-state index contributed by atoms with van der Waals surface area (Å²) in [5.41, 5.74) is 10.1. The van der Waals surface area contributed by atoms with Crippen molar-refractivity contribution >= 4 is 5.69 Å². The number of hydrogen-bond acceptors (Lipinski definition) is 3. The number of anilines is 1. The molecule has 0 radical (unpaired) electrons. The molecule has 0 aliphatic rings. The molecule has 0 spiro atoms. The molecule has 0 fully saturated rings. The van der Waals surface area contributed by atoms with Crippen molar-refractivity contribution in [1.29, 1.82) is 0 Å². The minimum atomic E-state index is 0.0939. The third-order valence-electron chi connectivity index (χ3n) is 3.24. The van der Waals surface area contributed by atoms with Crippen LogP contribution in [0, 0.1) is 0 Å². The van der Waals surface area contributed by atoms with E-state index in [1.165, 1.54) is 11.3 Å². The molecule has 0 heterocycles. The summed E-state index contributed by atoms with van der Waals surface area (Å²) >= 11 is 0. The second-order valence-electron chi connectivity index (χ2n) is 4.70. The van der Waals surface area contributed by atoms with Crippen LogP contribution in [0.25, 0.3) is 0 Å². The molecule has 0 unspecified atom stereocenters. The van der Waals surface area contributed by atoms with Gasteiger partial charge in [0.05, 0.1) is 6.61 Å². The second kappa shape index (κ2) is 6.36. The number of aliphatic hydroxyl groups excluding tert-OH is 1. The Morgan fingerprint density at radius 1 is 0.895 bits per heavy atom. The third-order valence-corrected chi connectivity index (χ3v) is 3.24. The summed E-state index contributed by atoms with van der Waals surface area (Å²) in [5.74, 6) is 0. The summed E-state index contributed by atoms with van der Waals surface area (Å²) < 4.78 is 0. The Morgan fingerprint density at radius 3 is 1.95 bits per heavy atom. The lowest BCUT2D eigenvalue weighted by Crippen LogP contribution is -2.16. The van der Waals surface area contributed by atoms with Crippen molar-refractivity contribution in [3.05, 3.63) is 65.2 Å². The van der Waals surface area contributed by atoms with Gasteiger partial charge in [0.25, 0.3) is 0 Å². The minimum Gasteiger partial charge on any atom is -0.392 e. The first kappa shape index (κ1) is 13.6. The molecular weight excluding hydrogens is 236 g/mol. The Hall–Kier alpha value is -1.84. The van der Waals surface area contributed by atoms with Gasteiger partial charge in [-0.25, -0.2) is 0 Å². The molecule has 0 saturated carbocycles. The zero-order chi connectivity index (χ0) is 13.7. The molecule has 0 atom stereocenters. The Bertz CT molecular complexity index is 505. The van der Waals surface area contributed by atoms with Gasteiger partial charge in [0, 0.05) is 25.8 Å². The largest absolute Gasteiger partial charge is 0.392 e. The van der Waals surface area contributed by atoms with Crippen LogP contribution in [0.2, 0.25) is 0 Å². The Balaban J connectivity index is 2.04. The van der Waals surface area contributed by atoms with E-state index in [1.54, 1.807) is 0 Å². The number of benzene rings is 2. The highest BCUT2D eigenvalue weighted by Crippen LogP contribution is 2.16. The topological polar surface area (TPSA) is 49.5 Å². The summed E-state index contributed by atoms with van der Waals surface area (Å²) in [6.45, 7) is 1.51. The van der Waals surface area contributed by atoms with Gasteiger partial charge in [-0.1, -0.05) is 36.4 Å². The predicted molar refractivity (Wildman–Crippen MR) is 78.8 cm³/mol. The SMILES string of the molecule is CN(Cc1ccc(CO)cc1)c1ccc(CN)cc1. The Labute approximate surface area is 114 Å². The lowest BCUT2D eigenvalue weighted by Gasteiger charge is -2.20. The Kier molecular flexibility index (Phi) is 4.55. The van der Waals surface area contributed by atoms with Crippen molar-refractivity contribution in [2.45, 2.75) is 19.7 Å². The smallest absolute Gasteiger partial charge is 0.0681 e. The van der Waals surface area contributed by atoms with E-state index in [1.807, 2.05) is 12.1 Å². The maximum Gasteiger partial charge on any atom is 0.0681 e. The Morgan fingerprint density at radius 2 is 1.42 bits per heavy atom. The highest BCUT2D eigenvalue weighted by atomic mass is 16.3. The van der Waals surface area contributed by atoms with Crippen LogP contribution in [0.1, 0.15) is 16.7 Å². The molecule has 0 bridgehead atoms. The fourth-order valence-electron chi connectivity index (χ4n) is 2.00. The second-order valence-corrected chi connectivity index (χ2v) is 4.70. The van der Waals surface area contributed by atoms with Crippen LogP contribution in [-0.4, -0.2) is 12.2 Å². The van der Waals surface area contributed by atoms with Gasteiger partial charge in [0.1, 0.15) is 0 Å². The molecule has 0 aliphatic heterocycles. The van der Waals surface area contributed by atoms with Crippen molar-refractivity contribution in [2.24, 2.45) is 5.73 Å².